The van der Waals surface area contributed by atoms with Gasteiger partial charge in [-0.2, -0.15) is 0 Å². The number of rotatable bonds is 9. The molecule has 182 valence electrons. The van der Waals surface area contributed by atoms with Crippen molar-refractivity contribution in [1.82, 2.24) is 0 Å². The maximum atomic E-state index is 12.2. The van der Waals surface area contributed by atoms with Crippen LogP contribution in [0, 0.1) is 6.92 Å². The minimum Gasteiger partial charge on any atom is -0.457 e. The molecular weight excluding hydrogens is 422 g/mol. The van der Waals surface area contributed by atoms with E-state index in [0.29, 0.717) is 23.1 Å². The third-order valence-corrected chi connectivity index (χ3v) is 5.50. The van der Waals surface area contributed by atoms with Crippen molar-refractivity contribution in [3.8, 4) is 0 Å². The van der Waals surface area contributed by atoms with Crippen LogP contribution >= 0.6 is 11.3 Å². The summed E-state index contributed by atoms with van der Waals surface area (Å²) in [5, 5.41) is 0.618. The Morgan fingerprint density at radius 3 is 1.94 bits per heavy atom. The zero-order valence-corrected chi connectivity index (χ0v) is 21.7. The van der Waals surface area contributed by atoms with Gasteiger partial charge in [0.05, 0.1) is 11.6 Å². The van der Waals surface area contributed by atoms with E-state index in [1.165, 1.54) is 43.4 Å². The highest BCUT2D eigenvalue weighted by atomic mass is 32.1. The van der Waals surface area contributed by atoms with Gasteiger partial charge in [0.15, 0.2) is 0 Å². The number of ether oxygens (including phenoxy) is 2. The molecule has 0 saturated carbocycles. The smallest absolute Gasteiger partial charge is 0.348 e. The average molecular weight is 466 g/mol. The minimum absolute atomic E-state index is 0.262. The second-order valence-electron chi connectivity index (χ2n) is 6.95. The molecule has 2 rings (SSSR count). The molecule has 6 heteroatoms. The lowest BCUT2D eigenvalue weighted by molar-refractivity contribution is -0.0980. The molecule has 32 heavy (non-hydrogen) atoms. The van der Waals surface area contributed by atoms with Gasteiger partial charge in [0.25, 0.3) is 0 Å². The van der Waals surface area contributed by atoms with Crippen molar-refractivity contribution < 1.29 is 19.1 Å². The number of carbonyl (C=O) groups is 2. The van der Waals surface area contributed by atoms with Gasteiger partial charge in [-0.15, -0.1) is 11.3 Å². The Bertz CT molecular complexity index is 697. The van der Waals surface area contributed by atoms with Gasteiger partial charge in [-0.1, -0.05) is 90.1 Å². The van der Waals surface area contributed by atoms with Crippen LogP contribution in [0.1, 0.15) is 93.1 Å². The van der Waals surface area contributed by atoms with Gasteiger partial charge >= 0.3 is 5.97 Å². The quantitative estimate of drug-likeness (QED) is 0.392. The van der Waals surface area contributed by atoms with E-state index in [9.17, 15) is 4.79 Å². The normalized spacial score (nSPS) is 9.31. The van der Waals surface area contributed by atoms with Crippen LogP contribution in [-0.2, 0) is 27.5 Å². The number of unbranched alkanes of at least 4 members (excludes halogenated alkanes) is 3. The summed E-state index contributed by atoms with van der Waals surface area (Å²) < 4.78 is 10.7. The highest BCUT2D eigenvalue weighted by Gasteiger charge is 2.19. The molecule has 0 aliphatic carbocycles. The average Bonchev–Trinajstić information content (AvgIpc) is 3.12. The molecular formula is C26H43NO4S. The standard InChI is InChI=1S/C16H19NO3S.C5H12.C4H10.CH2O/c1-3-19-10-13-11(2)14(21-15(13)17)16(18)20-9-12-7-5-4-6-8-12;1-3-5-4-2;1-3-4-2;1-2/h4-8H,3,9-10,17H2,1-2H3;3-5H2,1-2H3;3-4H2,1-2H3;1H2. The lowest BCUT2D eigenvalue weighted by atomic mass is 10.1. The molecule has 0 atom stereocenters. The van der Waals surface area contributed by atoms with Gasteiger partial charge in [-0.05, 0) is 25.0 Å². The molecule has 0 unspecified atom stereocenters. The Hall–Kier alpha value is -2.18. The Morgan fingerprint density at radius 1 is 0.938 bits per heavy atom. The monoisotopic (exact) mass is 465 g/mol. The van der Waals surface area contributed by atoms with Crippen LogP contribution in [-0.4, -0.2) is 19.4 Å². The van der Waals surface area contributed by atoms with Gasteiger partial charge in [0.2, 0.25) is 0 Å². The fourth-order valence-electron chi connectivity index (χ4n) is 2.29. The van der Waals surface area contributed by atoms with E-state index < -0.39 is 0 Å². The lowest BCUT2D eigenvalue weighted by Gasteiger charge is -2.05. The summed E-state index contributed by atoms with van der Waals surface area (Å²) in [6, 6.07) is 9.60. The molecule has 1 aromatic carbocycles. The number of hydrogen-bond donors (Lipinski definition) is 1. The van der Waals surface area contributed by atoms with Crippen molar-refractivity contribution in [2.24, 2.45) is 0 Å². The summed E-state index contributed by atoms with van der Waals surface area (Å²) in [6.45, 7) is 15.9. The van der Waals surface area contributed by atoms with E-state index >= 15 is 0 Å². The number of benzene rings is 1. The molecule has 0 aliphatic heterocycles. The molecule has 0 radical (unpaired) electrons. The van der Waals surface area contributed by atoms with Crippen LogP contribution in [0.15, 0.2) is 30.3 Å². The van der Waals surface area contributed by atoms with Crippen LogP contribution in [0.25, 0.3) is 0 Å². The molecule has 0 amide bonds. The van der Waals surface area contributed by atoms with Crippen molar-refractivity contribution >= 4 is 29.1 Å². The number of nitrogens with two attached hydrogens (primary N) is 1. The van der Waals surface area contributed by atoms with Gasteiger partial charge in [-0.3, -0.25) is 0 Å². The summed E-state index contributed by atoms with van der Waals surface area (Å²) in [5.74, 6) is -0.337. The predicted octanol–water partition coefficient (Wildman–Crippen LogP) is 7.35. The third-order valence-electron chi connectivity index (χ3n) is 4.36. The first-order valence-corrected chi connectivity index (χ1v) is 12.2. The number of thiophene rings is 1. The first-order valence-electron chi connectivity index (χ1n) is 11.4. The Labute approximate surface area is 199 Å². The van der Waals surface area contributed by atoms with E-state index in [1.807, 2.05) is 51.0 Å². The van der Waals surface area contributed by atoms with Crippen molar-refractivity contribution in [1.29, 1.82) is 0 Å². The maximum Gasteiger partial charge on any atom is 0.348 e. The van der Waals surface area contributed by atoms with Crippen LogP contribution in [0.5, 0.6) is 0 Å². The van der Waals surface area contributed by atoms with Gasteiger partial charge in [0, 0.05) is 12.2 Å². The molecule has 2 N–H and O–H groups in total. The fraction of sp³-hybridized carbons (Fsp3) is 0.538. The molecule has 1 aromatic heterocycles. The minimum atomic E-state index is -0.337. The number of hydrogen-bond acceptors (Lipinski definition) is 6. The summed E-state index contributed by atoms with van der Waals surface area (Å²) in [5.41, 5.74) is 8.65. The van der Waals surface area contributed by atoms with Crippen molar-refractivity contribution in [3.05, 3.63) is 51.9 Å². The van der Waals surface area contributed by atoms with Gasteiger partial charge < -0.3 is 20.0 Å². The molecule has 0 bridgehead atoms. The van der Waals surface area contributed by atoms with Gasteiger partial charge in [-0.25, -0.2) is 4.79 Å². The topological polar surface area (TPSA) is 78.6 Å². The number of nitrogen functional groups attached to an aromatic ring is 1. The van der Waals surface area contributed by atoms with Crippen LogP contribution in [0.2, 0.25) is 0 Å². The zero-order chi connectivity index (χ0) is 24.8. The number of carbonyl (C=O) groups excluding carboxylic acids is 2. The zero-order valence-electron chi connectivity index (χ0n) is 20.9. The first-order chi connectivity index (χ1) is 15.5. The highest BCUT2D eigenvalue weighted by Crippen LogP contribution is 2.31. The second-order valence-corrected chi connectivity index (χ2v) is 8.00. The van der Waals surface area contributed by atoms with Crippen molar-refractivity contribution in [2.45, 2.75) is 86.9 Å². The van der Waals surface area contributed by atoms with Crippen molar-refractivity contribution in [2.75, 3.05) is 12.3 Å². The SMILES string of the molecule is C=O.CCCC.CCCCC.CCOCc1c(N)sc(C(=O)OCc2ccccc2)c1C. The molecule has 0 saturated heterocycles. The Morgan fingerprint density at radius 2 is 1.50 bits per heavy atom. The number of esters is 1. The van der Waals surface area contributed by atoms with Crippen LogP contribution < -0.4 is 5.73 Å². The van der Waals surface area contributed by atoms with Crippen molar-refractivity contribution in [3.63, 3.8) is 0 Å². The van der Waals surface area contributed by atoms with E-state index in [4.69, 9.17) is 20.0 Å². The molecule has 2 aromatic rings. The summed E-state index contributed by atoms with van der Waals surface area (Å²) >= 11 is 1.26. The highest BCUT2D eigenvalue weighted by molar-refractivity contribution is 7.18. The second kappa shape index (κ2) is 22.0. The molecule has 0 aliphatic rings. The predicted molar refractivity (Wildman–Crippen MR) is 137 cm³/mol. The number of anilines is 1. The Kier molecular flexibility index (Phi) is 22.0. The molecule has 0 spiro atoms. The van der Waals surface area contributed by atoms with E-state index in [0.717, 1.165) is 16.7 Å². The van der Waals surface area contributed by atoms with E-state index in [1.54, 1.807) is 0 Å². The largest absolute Gasteiger partial charge is 0.457 e. The van der Waals surface area contributed by atoms with Gasteiger partial charge in [0.1, 0.15) is 18.3 Å². The Balaban J connectivity index is 0. The maximum absolute atomic E-state index is 12.2. The van der Waals surface area contributed by atoms with E-state index in [-0.39, 0.29) is 12.6 Å². The molecule has 0 fully saturated rings. The summed E-state index contributed by atoms with van der Waals surface area (Å²) in [4.78, 5) is 20.7. The van der Waals surface area contributed by atoms with E-state index in [2.05, 4.69) is 27.7 Å². The fourth-order valence-corrected chi connectivity index (χ4v) is 3.26. The third kappa shape index (κ3) is 14.0. The first kappa shape index (κ1) is 32.0. The summed E-state index contributed by atoms with van der Waals surface area (Å²) in [7, 11) is 0. The van der Waals surface area contributed by atoms with Crippen LogP contribution in [0.4, 0.5) is 5.00 Å². The summed E-state index contributed by atoms with van der Waals surface area (Å²) in [6.07, 6.45) is 6.72. The molecule has 1 heterocycles. The lowest BCUT2D eigenvalue weighted by Crippen LogP contribution is -2.05. The van der Waals surface area contributed by atoms with Crippen LogP contribution in [0.3, 0.4) is 0 Å². The molecule has 5 nitrogen and oxygen atoms in total.